The quantitative estimate of drug-likeness (QED) is 0.109. The summed E-state index contributed by atoms with van der Waals surface area (Å²) in [7, 11) is 0. The lowest BCUT2D eigenvalue weighted by molar-refractivity contribution is -0.352. The maximum Gasteiger partial charge on any atom is 0.326 e. The van der Waals surface area contributed by atoms with Gasteiger partial charge >= 0.3 is 23.9 Å². The number of carboxylic acid groups (broad SMARTS) is 1. The highest BCUT2D eigenvalue weighted by atomic mass is 16.7. The summed E-state index contributed by atoms with van der Waals surface area (Å²) < 4.78 is 32.3. The Labute approximate surface area is 221 Å². The van der Waals surface area contributed by atoms with Crippen molar-refractivity contribution in [1.82, 2.24) is 5.32 Å². The van der Waals surface area contributed by atoms with Gasteiger partial charge < -0.3 is 59.3 Å². The molecule has 222 valence electrons. The van der Waals surface area contributed by atoms with Crippen LogP contribution in [-0.2, 0) is 52.4 Å². The van der Waals surface area contributed by atoms with E-state index in [0.717, 1.165) is 27.7 Å². The average molecular weight is 567 g/mol. The summed E-state index contributed by atoms with van der Waals surface area (Å²) in [6.07, 6.45) is -15.5. The van der Waals surface area contributed by atoms with Crippen molar-refractivity contribution in [3.05, 3.63) is 0 Å². The number of hydrogen-bond acceptors (Lipinski definition) is 15. The number of esters is 3. The van der Waals surface area contributed by atoms with Crippen molar-refractivity contribution in [2.45, 2.75) is 89.0 Å². The highest BCUT2D eigenvalue weighted by Crippen LogP contribution is 2.36. The molecule has 39 heavy (non-hydrogen) atoms. The lowest BCUT2D eigenvalue weighted by Crippen LogP contribution is -2.67. The molecule has 2 rings (SSSR count). The van der Waals surface area contributed by atoms with Crippen LogP contribution < -0.4 is 5.32 Å². The Kier molecular flexibility index (Phi) is 11.5. The fraction of sp³-hybridized carbons (Fsp3) is 0.773. The van der Waals surface area contributed by atoms with Crippen LogP contribution in [0.4, 0.5) is 0 Å². The zero-order chi connectivity index (χ0) is 29.6. The number of rotatable bonds is 10. The van der Waals surface area contributed by atoms with E-state index in [1.54, 1.807) is 0 Å². The summed E-state index contributed by atoms with van der Waals surface area (Å²) >= 11 is 0. The Morgan fingerprint density at radius 3 is 1.87 bits per heavy atom. The highest BCUT2D eigenvalue weighted by Gasteiger charge is 2.57. The van der Waals surface area contributed by atoms with Crippen molar-refractivity contribution in [2.24, 2.45) is 5.92 Å². The highest BCUT2D eigenvalue weighted by molar-refractivity contribution is 5.82. The van der Waals surface area contributed by atoms with Gasteiger partial charge in [0.2, 0.25) is 12.2 Å². The van der Waals surface area contributed by atoms with Gasteiger partial charge in [-0.05, 0) is 0 Å². The van der Waals surface area contributed by atoms with Gasteiger partial charge in [-0.2, -0.15) is 0 Å². The Bertz CT molecular complexity index is 910. The molecular weight excluding hydrogens is 534 g/mol. The molecule has 17 nitrogen and oxygen atoms in total. The van der Waals surface area contributed by atoms with Crippen LogP contribution >= 0.6 is 0 Å². The second-order valence-electron chi connectivity index (χ2n) is 8.92. The number of ether oxygens (including phenoxy) is 6. The van der Waals surface area contributed by atoms with Crippen LogP contribution in [0.2, 0.25) is 0 Å². The molecule has 0 aromatic carbocycles. The van der Waals surface area contributed by atoms with Crippen LogP contribution in [-0.4, -0.2) is 130 Å². The molecule has 0 aliphatic carbocycles. The maximum absolute atomic E-state index is 12.2. The van der Waals surface area contributed by atoms with E-state index in [0.29, 0.717) is 0 Å². The van der Waals surface area contributed by atoms with Crippen LogP contribution in [0.25, 0.3) is 0 Å². The second kappa shape index (κ2) is 13.9. The number of aliphatic hydroxyl groups excluding tert-OH is 4. The molecule has 0 bridgehead atoms. The first-order valence-electron chi connectivity index (χ1n) is 11.8. The zero-order valence-corrected chi connectivity index (χ0v) is 21.5. The minimum absolute atomic E-state index is 0.627. The first-order chi connectivity index (χ1) is 18.2. The molecule has 0 radical (unpaired) electrons. The first-order valence-corrected chi connectivity index (χ1v) is 11.8. The third kappa shape index (κ3) is 8.28. The van der Waals surface area contributed by atoms with Crippen molar-refractivity contribution in [3.63, 3.8) is 0 Å². The Morgan fingerprint density at radius 1 is 0.795 bits per heavy atom. The number of amides is 1. The summed E-state index contributed by atoms with van der Waals surface area (Å²) in [5, 5.41) is 52.3. The summed E-state index contributed by atoms with van der Waals surface area (Å²) in [5.41, 5.74) is 0. The van der Waals surface area contributed by atoms with Gasteiger partial charge in [0.25, 0.3) is 0 Å². The Hall–Kier alpha value is -2.93. The predicted octanol–water partition coefficient (Wildman–Crippen LogP) is -3.84. The SMILES string of the molecule is CC(=O)N[C@H](C(=O)O)[C@H]1[C@H](OC(C)=O)O[C@H](COC(C)=O)[C@@H](O[C@H]2O[C@H](CO)[C@@H](O)[C@H](O)[C@H]2O)[C@@H]1OC(C)=O. The average Bonchev–Trinajstić information content (AvgIpc) is 2.82. The van der Waals surface area contributed by atoms with E-state index in [1.165, 1.54) is 0 Å². The number of nitrogens with one attached hydrogen (secondary N) is 1. The van der Waals surface area contributed by atoms with Crippen molar-refractivity contribution >= 4 is 29.8 Å². The summed E-state index contributed by atoms with van der Waals surface area (Å²) in [5.74, 6) is -6.85. The third-order valence-corrected chi connectivity index (χ3v) is 5.88. The van der Waals surface area contributed by atoms with Gasteiger partial charge in [-0.15, -0.1) is 0 Å². The number of carboxylic acids is 1. The van der Waals surface area contributed by atoms with E-state index >= 15 is 0 Å². The molecule has 1 amide bonds. The van der Waals surface area contributed by atoms with Gasteiger partial charge in [-0.3, -0.25) is 19.2 Å². The molecule has 2 saturated heterocycles. The van der Waals surface area contributed by atoms with E-state index in [2.05, 4.69) is 5.32 Å². The lowest BCUT2D eigenvalue weighted by atomic mass is 9.84. The number of aliphatic carboxylic acids is 1. The molecule has 2 heterocycles. The van der Waals surface area contributed by atoms with Crippen molar-refractivity contribution < 1.29 is 77.9 Å². The van der Waals surface area contributed by atoms with Gasteiger partial charge in [-0.25, -0.2) is 4.79 Å². The van der Waals surface area contributed by atoms with Gasteiger partial charge in [-0.1, -0.05) is 0 Å². The molecule has 2 aliphatic heterocycles. The number of carbonyl (C=O) groups is 5. The second-order valence-corrected chi connectivity index (χ2v) is 8.92. The monoisotopic (exact) mass is 567 g/mol. The fourth-order valence-corrected chi connectivity index (χ4v) is 4.25. The number of aliphatic hydroxyl groups is 4. The molecule has 6 N–H and O–H groups in total. The van der Waals surface area contributed by atoms with Crippen molar-refractivity contribution in [1.29, 1.82) is 0 Å². The normalized spacial score (nSPS) is 35.3. The van der Waals surface area contributed by atoms with E-state index in [1.807, 2.05) is 0 Å². The Morgan fingerprint density at radius 2 is 1.38 bits per heavy atom. The van der Waals surface area contributed by atoms with Gasteiger partial charge in [0.15, 0.2) is 6.29 Å². The summed E-state index contributed by atoms with van der Waals surface area (Å²) in [4.78, 5) is 59.5. The molecule has 0 aromatic rings. The lowest BCUT2D eigenvalue weighted by Gasteiger charge is -2.48. The molecule has 17 heteroatoms. The number of hydrogen-bond donors (Lipinski definition) is 6. The van der Waals surface area contributed by atoms with E-state index in [-0.39, 0.29) is 0 Å². The van der Waals surface area contributed by atoms with Crippen molar-refractivity contribution in [3.8, 4) is 0 Å². The molecule has 2 fully saturated rings. The fourth-order valence-electron chi connectivity index (χ4n) is 4.25. The van der Waals surface area contributed by atoms with Crippen LogP contribution in [0.3, 0.4) is 0 Å². The van der Waals surface area contributed by atoms with E-state index in [4.69, 9.17) is 28.4 Å². The molecule has 0 saturated carbocycles. The Balaban J connectivity index is 2.62. The van der Waals surface area contributed by atoms with Gasteiger partial charge in [0.05, 0.1) is 12.5 Å². The predicted molar refractivity (Wildman–Crippen MR) is 120 cm³/mol. The first kappa shape index (κ1) is 32.3. The zero-order valence-electron chi connectivity index (χ0n) is 21.5. The minimum Gasteiger partial charge on any atom is -0.480 e. The van der Waals surface area contributed by atoms with Gasteiger partial charge in [0, 0.05) is 27.7 Å². The largest absolute Gasteiger partial charge is 0.480 e. The summed E-state index contributed by atoms with van der Waals surface area (Å²) in [6.45, 7) is 2.57. The molecular formula is C22H33NO16. The minimum atomic E-state index is -1.94. The van der Waals surface area contributed by atoms with Gasteiger partial charge in [0.1, 0.15) is 55.4 Å². The standard InChI is InChI=1S/C22H33NO16/c1-7(25)23-14(20(32)33)13-19(35-9(3)27)18(12(6-34-8(2)26)38-21(13)36-10(4)28)39-22-17(31)16(30)15(29)11(5-24)37-22/h11-19,21-22,24,29-31H,5-6H2,1-4H3,(H,23,25)(H,32,33)/t11-,12-,13-,14+,15-,16+,17-,18-,19-,21-,22-/m1/s1. The molecule has 11 atom stereocenters. The van der Waals surface area contributed by atoms with Crippen molar-refractivity contribution in [2.75, 3.05) is 13.2 Å². The molecule has 0 aromatic heterocycles. The molecule has 2 aliphatic rings. The van der Waals surface area contributed by atoms with E-state index < -0.39 is 110 Å². The van der Waals surface area contributed by atoms with Crippen LogP contribution in [0.1, 0.15) is 27.7 Å². The van der Waals surface area contributed by atoms with Crippen LogP contribution in [0, 0.1) is 5.92 Å². The summed E-state index contributed by atoms with van der Waals surface area (Å²) in [6, 6.07) is -1.90. The van der Waals surface area contributed by atoms with Crippen LogP contribution in [0.5, 0.6) is 0 Å². The number of carbonyl (C=O) groups excluding carboxylic acids is 4. The topological polar surface area (TPSA) is 254 Å². The maximum atomic E-state index is 12.2. The van der Waals surface area contributed by atoms with E-state index in [9.17, 15) is 49.5 Å². The van der Waals surface area contributed by atoms with Crippen LogP contribution in [0.15, 0.2) is 0 Å². The molecule has 0 spiro atoms. The molecule has 0 unspecified atom stereocenters. The third-order valence-electron chi connectivity index (χ3n) is 5.88. The smallest absolute Gasteiger partial charge is 0.326 e.